The van der Waals surface area contributed by atoms with Crippen molar-refractivity contribution in [2.75, 3.05) is 19.6 Å². The van der Waals surface area contributed by atoms with Crippen LogP contribution >= 0.6 is 11.6 Å². The molecule has 1 fully saturated rings. The van der Waals surface area contributed by atoms with Crippen molar-refractivity contribution in [1.29, 1.82) is 0 Å². The van der Waals surface area contributed by atoms with Gasteiger partial charge in [-0.1, -0.05) is 54.1 Å². The van der Waals surface area contributed by atoms with Gasteiger partial charge in [0.25, 0.3) is 0 Å². The highest BCUT2D eigenvalue weighted by molar-refractivity contribution is 6.30. The van der Waals surface area contributed by atoms with E-state index in [9.17, 15) is 5.11 Å². The summed E-state index contributed by atoms with van der Waals surface area (Å²) in [6.07, 6.45) is 4.06. The average Bonchev–Trinajstić information content (AvgIpc) is 2.63. The standard InChI is InChI=1S/C21H26ClNO/c22-20-10-4-9-19(16-20)21(24)18-11-14-23(15-12-18)13-5-8-17-6-2-1-3-7-17/h1-4,6-7,9-10,16,18,21,24H,5,8,11-15H2. The van der Waals surface area contributed by atoms with E-state index in [4.69, 9.17) is 11.6 Å². The maximum absolute atomic E-state index is 10.6. The number of aryl methyl sites for hydroxylation is 1. The number of halogens is 1. The molecule has 128 valence electrons. The minimum atomic E-state index is -0.393. The molecule has 0 aromatic heterocycles. The second-order valence-electron chi connectivity index (χ2n) is 6.77. The van der Waals surface area contributed by atoms with Gasteiger partial charge in [0.1, 0.15) is 0 Å². The van der Waals surface area contributed by atoms with Gasteiger partial charge in [-0.3, -0.25) is 0 Å². The van der Waals surface area contributed by atoms with Crippen LogP contribution in [0, 0.1) is 5.92 Å². The molecule has 0 aliphatic carbocycles. The molecule has 2 nitrogen and oxygen atoms in total. The molecule has 0 amide bonds. The van der Waals surface area contributed by atoms with Crippen molar-refractivity contribution in [2.45, 2.75) is 31.8 Å². The van der Waals surface area contributed by atoms with Gasteiger partial charge in [-0.2, -0.15) is 0 Å². The molecule has 0 spiro atoms. The number of aliphatic hydroxyl groups excluding tert-OH is 1. The first-order valence-corrected chi connectivity index (χ1v) is 9.30. The maximum Gasteiger partial charge on any atom is 0.0819 e. The molecular formula is C21H26ClNO. The summed E-state index contributed by atoms with van der Waals surface area (Å²) in [5.41, 5.74) is 2.37. The van der Waals surface area contributed by atoms with Crippen LogP contribution in [0.25, 0.3) is 0 Å². The molecule has 3 heteroatoms. The molecule has 1 heterocycles. The van der Waals surface area contributed by atoms with Gasteiger partial charge in [0.05, 0.1) is 6.10 Å². The van der Waals surface area contributed by atoms with Crippen LogP contribution in [0.2, 0.25) is 5.02 Å². The molecule has 2 aromatic rings. The molecule has 24 heavy (non-hydrogen) atoms. The Balaban J connectivity index is 1.42. The largest absolute Gasteiger partial charge is 0.388 e. The van der Waals surface area contributed by atoms with Gasteiger partial charge in [0.2, 0.25) is 0 Å². The zero-order chi connectivity index (χ0) is 16.8. The molecule has 1 aliphatic rings. The molecule has 2 aromatic carbocycles. The van der Waals surface area contributed by atoms with Crippen molar-refractivity contribution >= 4 is 11.6 Å². The molecule has 0 saturated carbocycles. The Kier molecular flexibility index (Phi) is 6.30. The number of hydrogen-bond donors (Lipinski definition) is 1. The third-order valence-corrected chi connectivity index (χ3v) is 5.29. The summed E-state index contributed by atoms with van der Waals surface area (Å²) < 4.78 is 0. The van der Waals surface area contributed by atoms with Crippen molar-refractivity contribution in [1.82, 2.24) is 4.90 Å². The number of piperidine rings is 1. The average molecular weight is 344 g/mol. The van der Waals surface area contributed by atoms with Gasteiger partial charge >= 0.3 is 0 Å². The van der Waals surface area contributed by atoms with E-state index in [-0.39, 0.29) is 0 Å². The number of nitrogens with zero attached hydrogens (tertiary/aromatic N) is 1. The molecule has 0 radical (unpaired) electrons. The van der Waals surface area contributed by atoms with Crippen LogP contribution in [0.4, 0.5) is 0 Å². The number of aliphatic hydroxyl groups is 1. The van der Waals surface area contributed by atoms with Crippen molar-refractivity contribution < 1.29 is 5.11 Å². The van der Waals surface area contributed by atoms with Crippen LogP contribution < -0.4 is 0 Å². The van der Waals surface area contributed by atoms with Crippen LogP contribution in [0.1, 0.15) is 36.5 Å². The number of hydrogen-bond acceptors (Lipinski definition) is 2. The third-order valence-electron chi connectivity index (χ3n) is 5.05. The van der Waals surface area contributed by atoms with Crippen molar-refractivity contribution in [2.24, 2.45) is 5.92 Å². The molecule has 1 unspecified atom stereocenters. The maximum atomic E-state index is 10.6. The summed E-state index contributed by atoms with van der Waals surface area (Å²) in [6, 6.07) is 18.3. The second kappa shape index (κ2) is 8.66. The van der Waals surface area contributed by atoms with Gasteiger partial charge in [-0.15, -0.1) is 0 Å². The highest BCUT2D eigenvalue weighted by Crippen LogP contribution is 2.31. The smallest absolute Gasteiger partial charge is 0.0819 e. The molecule has 0 bridgehead atoms. The first kappa shape index (κ1) is 17.5. The Labute approximate surface area is 150 Å². The predicted molar refractivity (Wildman–Crippen MR) is 100 cm³/mol. The quantitative estimate of drug-likeness (QED) is 0.820. The molecule has 3 rings (SSSR count). The summed E-state index contributed by atoms with van der Waals surface area (Å²) in [7, 11) is 0. The highest BCUT2D eigenvalue weighted by Gasteiger charge is 2.26. The van der Waals surface area contributed by atoms with E-state index < -0.39 is 6.10 Å². The summed E-state index contributed by atoms with van der Waals surface area (Å²) in [5.74, 6) is 0.342. The van der Waals surface area contributed by atoms with Gasteiger partial charge in [-0.25, -0.2) is 0 Å². The molecule has 1 saturated heterocycles. The topological polar surface area (TPSA) is 23.5 Å². The van der Waals surface area contributed by atoms with Gasteiger partial charge in [0.15, 0.2) is 0 Å². The second-order valence-corrected chi connectivity index (χ2v) is 7.20. The molecule has 1 atom stereocenters. The zero-order valence-electron chi connectivity index (χ0n) is 14.1. The minimum Gasteiger partial charge on any atom is -0.388 e. The fourth-order valence-electron chi connectivity index (χ4n) is 3.61. The van der Waals surface area contributed by atoms with E-state index in [1.165, 1.54) is 12.0 Å². The molecule has 1 aliphatic heterocycles. The lowest BCUT2D eigenvalue weighted by atomic mass is 9.87. The highest BCUT2D eigenvalue weighted by atomic mass is 35.5. The summed E-state index contributed by atoms with van der Waals surface area (Å²) >= 11 is 6.04. The number of likely N-dealkylation sites (tertiary alicyclic amines) is 1. The number of rotatable bonds is 6. The van der Waals surface area contributed by atoms with E-state index in [2.05, 4.69) is 35.2 Å². The van der Waals surface area contributed by atoms with E-state index in [0.29, 0.717) is 10.9 Å². The van der Waals surface area contributed by atoms with Gasteiger partial charge < -0.3 is 10.0 Å². The number of benzene rings is 2. The van der Waals surface area contributed by atoms with Crippen molar-refractivity contribution in [3.05, 3.63) is 70.7 Å². The Morgan fingerprint density at radius 3 is 2.50 bits per heavy atom. The Morgan fingerprint density at radius 2 is 1.79 bits per heavy atom. The van der Waals surface area contributed by atoms with Crippen molar-refractivity contribution in [3.63, 3.8) is 0 Å². The van der Waals surface area contributed by atoms with Gasteiger partial charge in [-0.05, 0) is 74.5 Å². The third kappa shape index (κ3) is 4.83. The fraction of sp³-hybridized carbons (Fsp3) is 0.429. The van der Waals surface area contributed by atoms with E-state index >= 15 is 0 Å². The summed E-state index contributed by atoms with van der Waals surface area (Å²) in [4.78, 5) is 2.53. The summed E-state index contributed by atoms with van der Waals surface area (Å²) in [6.45, 7) is 3.31. The zero-order valence-corrected chi connectivity index (χ0v) is 14.8. The Morgan fingerprint density at radius 1 is 1.04 bits per heavy atom. The van der Waals surface area contributed by atoms with Crippen LogP contribution in [-0.4, -0.2) is 29.6 Å². The Bertz CT molecular complexity index is 623. The minimum absolute atomic E-state index is 0.342. The predicted octanol–water partition coefficient (Wildman–Crippen LogP) is 4.72. The lowest BCUT2D eigenvalue weighted by Gasteiger charge is -2.34. The van der Waals surface area contributed by atoms with Crippen LogP contribution in [-0.2, 0) is 6.42 Å². The monoisotopic (exact) mass is 343 g/mol. The SMILES string of the molecule is OC(c1cccc(Cl)c1)C1CCN(CCCc2ccccc2)CC1. The molecular weight excluding hydrogens is 318 g/mol. The van der Waals surface area contributed by atoms with E-state index in [1.54, 1.807) is 0 Å². The summed E-state index contributed by atoms with van der Waals surface area (Å²) in [5, 5.41) is 11.3. The first-order chi connectivity index (χ1) is 11.7. The van der Waals surface area contributed by atoms with E-state index in [0.717, 1.165) is 44.5 Å². The lowest BCUT2D eigenvalue weighted by Crippen LogP contribution is -2.36. The van der Waals surface area contributed by atoms with Crippen LogP contribution in [0.5, 0.6) is 0 Å². The van der Waals surface area contributed by atoms with Crippen molar-refractivity contribution in [3.8, 4) is 0 Å². The Hall–Kier alpha value is -1.35. The first-order valence-electron chi connectivity index (χ1n) is 8.92. The molecule has 1 N–H and O–H groups in total. The van der Waals surface area contributed by atoms with Gasteiger partial charge in [0, 0.05) is 5.02 Å². The van der Waals surface area contributed by atoms with Crippen LogP contribution in [0.3, 0.4) is 0 Å². The lowest BCUT2D eigenvalue weighted by molar-refractivity contribution is 0.0586. The fourth-order valence-corrected chi connectivity index (χ4v) is 3.81. The van der Waals surface area contributed by atoms with E-state index in [1.807, 2.05) is 24.3 Å². The van der Waals surface area contributed by atoms with Crippen LogP contribution in [0.15, 0.2) is 54.6 Å². The normalized spacial score (nSPS) is 17.8.